The Morgan fingerprint density at radius 2 is 2.15 bits per heavy atom. The Kier molecular flexibility index (Phi) is 8.42. The van der Waals surface area contributed by atoms with Crippen molar-refractivity contribution in [2.75, 3.05) is 43.1 Å². The average Bonchev–Trinajstić information content (AvgIpc) is 2.99. The number of fused-ring (bicyclic) bond motifs is 4. The van der Waals surface area contributed by atoms with E-state index < -0.39 is 0 Å². The molecule has 1 unspecified atom stereocenters. The average molecular weight is 540 g/mol. The first-order valence-electron chi connectivity index (χ1n) is 13.3. The van der Waals surface area contributed by atoms with Crippen molar-refractivity contribution in [1.29, 1.82) is 0 Å². The smallest absolute Gasteiger partial charge is 0.172 e. The summed E-state index contributed by atoms with van der Waals surface area (Å²) in [5.41, 5.74) is 3.31. The van der Waals surface area contributed by atoms with Crippen LogP contribution in [0.1, 0.15) is 25.8 Å². The highest BCUT2D eigenvalue weighted by Gasteiger charge is 2.32. The van der Waals surface area contributed by atoms with E-state index in [1.165, 1.54) is 6.33 Å². The summed E-state index contributed by atoms with van der Waals surface area (Å²) >= 11 is 0. The third-order valence-electron chi connectivity index (χ3n) is 6.51. The molecule has 3 aliphatic rings. The second kappa shape index (κ2) is 12.5. The number of pyridine rings is 1. The minimum absolute atomic E-state index is 0.170. The number of hydrazone groups is 1. The topological polar surface area (TPSA) is 97.2 Å². The third-order valence-corrected chi connectivity index (χ3v) is 6.51. The molecule has 2 aromatic heterocycles. The zero-order valence-electron chi connectivity index (χ0n) is 23.0. The van der Waals surface area contributed by atoms with Crippen LogP contribution >= 0.6 is 0 Å². The Morgan fingerprint density at radius 1 is 1.27 bits per heavy atom. The number of nitrogens with one attached hydrogen (secondary N) is 1. The lowest BCUT2D eigenvalue weighted by molar-refractivity contribution is 0.0698. The number of allylic oxidation sites excluding steroid dienone is 1. The van der Waals surface area contributed by atoms with Gasteiger partial charge in [0.2, 0.25) is 0 Å². The molecule has 0 saturated carbocycles. The molecule has 206 valence electrons. The first-order chi connectivity index (χ1) is 19.6. The highest BCUT2D eigenvalue weighted by Crippen LogP contribution is 2.37. The van der Waals surface area contributed by atoms with Gasteiger partial charge in [0, 0.05) is 37.1 Å². The SMILES string of the molecule is C#CCC.C/C=N\N1C=CC(Oc2ccc(Nc3ncnc4cc5c(nc34)N3CCOCC3CO5)cc2C)=CC1. The summed E-state index contributed by atoms with van der Waals surface area (Å²) in [4.78, 5) is 16.1. The van der Waals surface area contributed by atoms with Crippen LogP contribution in [0.2, 0.25) is 0 Å². The predicted molar refractivity (Wildman–Crippen MR) is 157 cm³/mol. The molecule has 0 amide bonds. The third kappa shape index (κ3) is 6.00. The van der Waals surface area contributed by atoms with Crippen LogP contribution in [0.4, 0.5) is 17.3 Å². The number of benzene rings is 1. The molecular weight excluding hydrogens is 506 g/mol. The van der Waals surface area contributed by atoms with Gasteiger partial charge in [0.1, 0.15) is 30.0 Å². The highest BCUT2D eigenvalue weighted by molar-refractivity contribution is 5.90. The highest BCUT2D eigenvalue weighted by atomic mass is 16.5. The van der Waals surface area contributed by atoms with Crippen LogP contribution in [0.15, 0.2) is 59.8 Å². The first-order valence-corrected chi connectivity index (χ1v) is 13.3. The fourth-order valence-corrected chi connectivity index (χ4v) is 4.51. The molecule has 5 heterocycles. The molecule has 1 aromatic carbocycles. The van der Waals surface area contributed by atoms with Gasteiger partial charge in [0.05, 0.1) is 31.3 Å². The van der Waals surface area contributed by atoms with Crippen LogP contribution in [0.25, 0.3) is 11.0 Å². The molecular formula is C30H33N7O3. The van der Waals surface area contributed by atoms with Crippen LogP contribution in [0.3, 0.4) is 0 Å². The predicted octanol–water partition coefficient (Wildman–Crippen LogP) is 4.80. The molecule has 0 bridgehead atoms. The quantitative estimate of drug-likeness (QED) is 0.362. The lowest BCUT2D eigenvalue weighted by atomic mass is 10.2. The van der Waals surface area contributed by atoms with Crippen LogP contribution in [-0.2, 0) is 4.74 Å². The van der Waals surface area contributed by atoms with Crippen molar-refractivity contribution < 1.29 is 14.2 Å². The molecule has 10 heteroatoms. The lowest BCUT2D eigenvalue weighted by Crippen LogP contribution is -2.51. The van der Waals surface area contributed by atoms with Crippen LogP contribution < -0.4 is 19.7 Å². The van der Waals surface area contributed by atoms with Gasteiger partial charge in [-0.05, 0) is 49.8 Å². The van der Waals surface area contributed by atoms with E-state index in [0.29, 0.717) is 37.7 Å². The van der Waals surface area contributed by atoms with Gasteiger partial charge in [-0.25, -0.2) is 15.0 Å². The molecule has 1 saturated heterocycles. The summed E-state index contributed by atoms with van der Waals surface area (Å²) < 4.78 is 17.7. The van der Waals surface area contributed by atoms with Crippen molar-refractivity contribution in [2.45, 2.75) is 33.2 Å². The standard InChI is InChI=1S/C26H27N7O3.C4H6/c1-3-29-32-8-6-20(7-9-32)36-22-5-4-18(12-17(22)2)30-25-24-21(27-16-28-25)13-23-26(31-24)33-10-11-34-14-19(33)15-35-23;1-3-4-2/h3-8,12-13,16,19H,9-11,14-15H2,1-2H3,(H,27,28,30);1H,4H2,2H3/b29-3-;. The molecule has 0 spiro atoms. The summed E-state index contributed by atoms with van der Waals surface area (Å²) in [7, 11) is 0. The summed E-state index contributed by atoms with van der Waals surface area (Å²) in [6.45, 7) is 9.21. The van der Waals surface area contributed by atoms with E-state index in [9.17, 15) is 0 Å². The molecule has 10 nitrogen and oxygen atoms in total. The van der Waals surface area contributed by atoms with Gasteiger partial charge in [-0.2, -0.15) is 5.10 Å². The number of anilines is 3. The fourth-order valence-electron chi connectivity index (χ4n) is 4.51. The van der Waals surface area contributed by atoms with E-state index in [1.54, 1.807) is 6.21 Å². The minimum atomic E-state index is 0.170. The molecule has 1 N–H and O–H groups in total. The van der Waals surface area contributed by atoms with Crippen molar-refractivity contribution in [3.8, 4) is 23.8 Å². The normalized spacial score (nSPS) is 17.6. The number of ether oxygens (including phenoxy) is 3. The van der Waals surface area contributed by atoms with Gasteiger partial charge < -0.3 is 24.4 Å². The molecule has 3 aromatic rings. The number of aryl methyl sites for hydroxylation is 1. The zero-order chi connectivity index (χ0) is 27.9. The van der Waals surface area contributed by atoms with E-state index in [2.05, 4.69) is 31.2 Å². The molecule has 6 rings (SSSR count). The number of morpholine rings is 1. The molecule has 0 radical (unpaired) electrons. The number of hydrogen-bond acceptors (Lipinski definition) is 10. The Morgan fingerprint density at radius 3 is 2.90 bits per heavy atom. The summed E-state index contributed by atoms with van der Waals surface area (Å²) in [5, 5.41) is 9.50. The fraction of sp³-hybridized carbons (Fsp3) is 0.333. The molecule has 40 heavy (non-hydrogen) atoms. The number of nitrogens with zero attached hydrogens (tertiary/aromatic N) is 6. The summed E-state index contributed by atoms with van der Waals surface area (Å²) in [6, 6.07) is 8.06. The lowest BCUT2D eigenvalue weighted by Gasteiger charge is -2.40. The van der Waals surface area contributed by atoms with Crippen molar-refractivity contribution in [1.82, 2.24) is 20.0 Å². The van der Waals surface area contributed by atoms with E-state index in [-0.39, 0.29) is 6.04 Å². The van der Waals surface area contributed by atoms with Crippen LogP contribution in [0.5, 0.6) is 11.5 Å². The van der Waals surface area contributed by atoms with Crippen molar-refractivity contribution >= 4 is 34.6 Å². The van der Waals surface area contributed by atoms with E-state index >= 15 is 0 Å². The van der Waals surface area contributed by atoms with Crippen molar-refractivity contribution in [3.63, 3.8) is 0 Å². The molecule has 1 fully saturated rings. The second-order valence-electron chi connectivity index (χ2n) is 9.32. The zero-order valence-corrected chi connectivity index (χ0v) is 23.0. The van der Waals surface area contributed by atoms with Gasteiger partial charge in [-0.15, -0.1) is 12.3 Å². The molecule has 3 aliphatic heterocycles. The van der Waals surface area contributed by atoms with Gasteiger partial charge >= 0.3 is 0 Å². The maximum Gasteiger partial charge on any atom is 0.172 e. The van der Waals surface area contributed by atoms with Crippen LogP contribution in [0, 0.1) is 19.3 Å². The van der Waals surface area contributed by atoms with E-state index in [1.807, 2.05) is 68.4 Å². The number of hydrogen-bond donors (Lipinski definition) is 1. The molecule has 1 atom stereocenters. The summed E-state index contributed by atoms with van der Waals surface area (Å²) in [6.07, 6.45) is 14.7. The summed E-state index contributed by atoms with van der Waals surface area (Å²) in [5.74, 6) is 6.22. The van der Waals surface area contributed by atoms with Gasteiger partial charge in [-0.3, -0.25) is 5.01 Å². The Balaban J connectivity index is 0.000000758. The monoisotopic (exact) mass is 539 g/mol. The maximum absolute atomic E-state index is 6.10. The minimum Gasteiger partial charge on any atom is -0.487 e. The van der Waals surface area contributed by atoms with Gasteiger partial charge in [-0.1, -0.05) is 6.92 Å². The maximum atomic E-state index is 6.10. The Labute approximate surface area is 234 Å². The van der Waals surface area contributed by atoms with Crippen molar-refractivity contribution in [3.05, 3.63) is 60.3 Å². The van der Waals surface area contributed by atoms with Gasteiger partial charge in [0.25, 0.3) is 0 Å². The van der Waals surface area contributed by atoms with Gasteiger partial charge in [0.15, 0.2) is 17.4 Å². The van der Waals surface area contributed by atoms with Crippen molar-refractivity contribution in [2.24, 2.45) is 5.10 Å². The second-order valence-corrected chi connectivity index (χ2v) is 9.32. The van der Waals surface area contributed by atoms with E-state index in [0.717, 1.165) is 52.8 Å². The number of rotatable bonds is 5. The molecule has 0 aliphatic carbocycles. The Hall–Kier alpha value is -4.62. The van der Waals surface area contributed by atoms with E-state index in [4.69, 9.17) is 25.6 Å². The largest absolute Gasteiger partial charge is 0.487 e. The number of aromatic nitrogens is 3. The van der Waals surface area contributed by atoms with Crippen LogP contribution in [-0.4, -0.2) is 65.1 Å². The Bertz CT molecular complexity index is 1490. The number of terminal acetylenes is 1. The first kappa shape index (κ1) is 27.0.